The summed E-state index contributed by atoms with van der Waals surface area (Å²) in [5.41, 5.74) is 0.612. The number of likely N-dealkylation sites (tertiary alicyclic amines) is 1. The second-order valence-electron chi connectivity index (χ2n) is 7.07. The van der Waals surface area contributed by atoms with E-state index in [-0.39, 0.29) is 29.5 Å². The maximum atomic E-state index is 13.1. The van der Waals surface area contributed by atoms with Crippen molar-refractivity contribution in [3.63, 3.8) is 0 Å². The number of benzene rings is 1. The lowest BCUT2D eigenvalue weighted by atomic mass is 9.94. The average molecular weight is 354 g/mol. The molecule has 0 aromatic heterocycles. The monoisotopic (exact) mass is 353 g/mol. The number of hydrogen-bond acceptors (Lipinski definition) is 3. The first-order valence-corrected chi connectivity index (χ1v) is 8.69. The first-order chi connectivity index (χ1) is 11.2. The van der Waals surface area contributed by atoms with Crippen LogP contribution in [0.3, 0.4) is 0 Å². The van der Waals surface area contributed by atoms with Crippen LogP contribution in [0, 0.1) is 5.82 Å². The second-order valence-corrected chi connectivity index (χ2v) is 7.07. The minimum Gasteiger partial charge on any atom is -0.340 e. The van der Waals surface area contributed by atoms with Gasteiger partial charge in [0.25, 0.3) is 0 Å². The van der Waals surface area contributed by atoms with E-state index in [1.54, 1.807) is 12.1 Å². The molecule has 2 heterocycles. The average Bonchev–Trinajstić information content (AvgIpc) is 3.25. The summed E-state index contributed by atoms with van der Waals surface area (Å²) in [6.07, 6.45) is 2.86. The fourth-order valence-electron chi connectivity index (χ4n) is 4.09. The second kappa shape index (κ2) is 6.98. The summed E-state index contributed by atoms with van der Waals surface area (Å²) in [6.45, 7) is 5.96. The lowest BCUT2D eigenvalue weighted by Crippen LogP contribution is -2.49. The van der Waals surface area contributed by atoms with Crippen LogP contribution in [0.15, 0.2) is 24.3 Å². The van der Waals surface area contributed by atoms with Crippen molar-refractivity contribution in [3.05, 3.63) is 35.6 Å². The molecule has 0 spiro atoms. The molecule has 1 saturated carbocycles. The topological polar surface area (TPSA) is 35.6 Å². The van der Waals surface area contributed by atoms with Gasteiger partial charge in [-0.3, -0.25) is 9.69 Å². The number of carbonyl (C=O) groups excluding carboxylic acids is 1. The van der Waals surface area contributed by atoms with E-state index < -0.39 is 0 Å². The molecule has 2 saturated heterocycles. The number of amides is 1. The van der Waals surface area contributed by atoms with Crippen molar-refractivity contribution in [2.75, 3.05) is 39.3 Å². The van der Waals surface area contributed by atoms with Crippen LogP contribution in [0.2, 0.25) is 0 Å². The third-order valence-corrected chi connectivity index (χ3v) is 5.67. The molecule has 1 aromatic rings. The zero-order valence-electron chi connectivity index (χ0n) is 13.8. The molecule has 4 rings (SSSR count). The minimum atomic E-state index is -0.369. The third kappa shape index (κ3) is 3.17. The molecule has 0 bridgehead atoms. The predicted molar refractivity (Wildman–Crippen MR) is 94.0 cm³/mol. The lowest BCUT2D eigenvalue weighted by Gasteiger charge is -2.33. The van der Waals surface area contributed by atoms with E-state index in [0.29, 0.717) is 6.04 Å². The minimum absolute atomic E-state index is 0. The SMILES string of the molecule is Cl.O=C(N1CCC(N2CCNCC2)C1)C1(c2ccc(F)cc2)CC1. The number of nitrogens with zero attached hydrogens (tertiary/aromatic N) is 2. The van der Waals surface area contributed by atoms with Gasteiger partial charge >= 0.3 is 0 Å². The number of nitrogens with one attached hydrogen (secondary N) is 1. The van der Waals surface area contributed by atoms with Gasteiger partial charge in [-0.05, 0) is 37.0 Å². The zero-order valence-corrected chi connectivity index (χ0v) is 14.7. The Bertz CT molecular complexity index is 584. The van der Waals surface area contributed by atoms with E-state index in [1.165, 1.54) is 12.1 Å². The maximum Gasteiger partial charge on any atom is 0.233 e. The van der Waals surface area contributed by atoms with Crippen molar-refractivity contribution in [1.82, 2.24) is 15.1 Å². The molecular formula is C18H25ClFN3O. The van der Waals surface area contributed by atoms with Gasteiger partial charge in [-0.25, -0.2) is 4.39 Å². The third-order valence-electron chi connectivity index (χ3n) is 5.67. The highest BCUT2D eigenvalue weighted by atomic mass is 35.5. The molecule has 2 aliphatic heterocycles. The van der Waals surface area contributed by atoms with Crippen LogP contribution in [-0.2, 0) is 10.2 Å². The largest absolute Gasteiger partial charge is 0.340 e. The Morgan fingerprint density at radius 1 is 1.12 bits per heavy atom. The molecule has 4 nitrogen and oxygen atoms in total. The van der Waals surface area contributed by atoms with E-state index in [9.17, 15) is 9.18 Å². The number of hydrogen-bond donors (Lipinski definition) is 1. The molecule has 132 valence electrons. The molecule has 1 N–H and O–H groups in total. The van der Waals surface area contributed by atoms with Crippen LogP contribution in [-0.4, -0.2) is 61.0 Å². The molecule has 1 atom stereocenters. The Morgan fingerprint density at radius 2 is 1.79 bits per heavy atom. The Labute approximate surface area is 148 Å². The molecule has 3 fully saturated rings. The van der Waals surface area contributed by atoms with Gasteiger partial charge < -0.3 is 10.2 Å². The molecule has 0 radical (unpaired) electrons. The maximum absolute atomic E-state index is 13.1. The van der Waals surface area contributed by atoms with Gasteiger partial charge in [-0.15, -0.1) is 12.4 Å². The molecule has 1 aromatic carbocycles. The smallest absolute Gasteiger partial charge is 0.233 e. The first kappa shape index (κ1) is 17.6. The van der Waals surface area contributed by atoms with Crippen molar-refractivity contribution in [1.29, 1.82) is 0 Å². The van der Waals surface area contributed by atoms with Crippen molar-refractivity contribution in [3.8, 4) is 0 Å². The van der Waals surface area contributed by atoms with Crippen LogP contribution < -0.4 is 5.32 Å². The zero-order chi connectivity index (χ0) is 15.9. The van der Waals surface area contributed by atoms with Gasteiger partial charge in [0.15, 0.2) is 0 Å². The van der Waals surface area contributed by atoms with Gasteiger partial charge in [0, 0.05) is 45.3 Å². The van der Waals surface area contributed by atoms with Crippen LogP contribution in [0.25, 0.3) is 0 Å². The Morgan fingerprint density at radius 3 is 2.42 bits per heavy atom. The summed E-state index contributed by atoms with van der Waals surface area (Å²) in [5.74, 6) is 0.0127. The number of rotatable bonds is 3. The quantitative estimate of drug-likeness (QED) is 0.900. The molecule has 24 heavy (non-hydrogen) atoms. The van der Waals surface area contributed by atoms with Crippen molar-refractivity contribution in [2.24, 2.45) is 0 Å². The van der Waals surface area contributed by atoms with Crippen molar-refractivity contribution >= 4 is 18.3 Å². The van der Waals surface area contributed by atoms with Gasteiger partial charge in [-0.1, -0.05) is 12.1 Å². The number of piperazine rings is 1. The summed E-state index contributed by atoms with van der Waals surface area (Å²) in [4.78, 5) is 17.6. The Hall–Kier alpha value is -1.17. The van der Waals surface area contributed by atoms with Crippen LogP contribution >= 0.6 is 12.4 Å². The summed E-state index contributed by atoms with van der Waals surface area (Å²) in [5, 5.41) is 3.38. The molecule has 1 unspecified atom stereocenters. The predicted octanol–water partition coefficient (Wildman–Crippen LogP) is 1.79. The fourth-order valence-corrected chi connectivity index (χ4v) is 4.09. The van der Waals surface area contributed by atoms with Gasteiger partial charge in [0.05, 0.1) is 5.41 Å². The summed E-state index contributed by atoms with van der Waals surface area (Å²) < 4.78 is 13.1. The number of halogens is 2. The van der Waals surface area contributed by atoms with Gasteiger partial charge in [-0.2, -0.15) is 0 Å². The van der Waals surface area contributed by atoms with E-state index in [1.807, 2.05) is 4.90 Å². The lowest BCUT2D eigenvalue weighted by molar-refractivity contribution is -0.133. The molecule has 6 heteroatoms. The molecule has 3 aliphatic rings. The van der Waals surface area contributed by atoms with E-state index in [2.05, 4.69) is 10.2 Å². The van der Waals surface area contributed by atoms with Crippen molar-refractivity contribution in [2.45, 2.75) is 30.7 Å². The van der Waals surface area contributed by atoms with Crippen LogP contribution in [0.5, 0.6) is 0 Å². The molecule has 1 aliphatic carbocycles. The first-order valence-electron chi connectivity index (χ1n) is 8.69. The highest BCUT2D eigenvalue weighted by Gasteiger charge is 2.53. The summed E-state index contributed by atoms with van der Waals surface area (Å²) >= 11 is 0. The van der Waals surface area contributed by atoms with E-state index >= 15 is 0 Å². The summed E-state index contributed by atoms with van der Waals surface area (Å²) in [6, 6.07) is 7.01. The number of carbonyl (C=O) groups is 1. The standard InChI is InChI=1S/C18H24FN3O.ClH/c19-15-3-1-14(2-4-15)18(6-7-18)17(23)22-10-5-16(13-22)21-11-8-20-9-12-21;/h1-4,16,20H,5-13H2;1H. The van der Waals surface area contributed by atoms with E-state index in [4.69, 9.17) is 0 Å². The normalized spacial score (nSPS) is 26.0. The highest BCUT2D eigenvalue weighted by molar-refractivity contribution is 5.91. The fraction of sp³-hybridized carbons (Fsp3) is 0.611. The highest BCUT2D eigenvalue weighted by Crippen LogP contribution is 2.50. The van der Waals surface area contributed by atoms with Gasteiger partial charge in [0.2, 0.25) is 5.91 Å². The molecular weight excluding hydrogens is 329 g/mol. The Kier molecular flexibility index (Phi) is 5.13. The van der Waals surface area contributed by atoms with Gasteiger partial charge in [0.1, 0.15) is 5.82 Å². The molecule has 1 amide bonds. The summed E-state index contributed by atoms with van der Waals surface area (Å²) in [7, 11) is 0. The van der Waals surface area contributed by atoms with E-state index in [0.717, 1.165) is 64.1 Å². The van der Waals surface area contributed by atoms with Crippen molar-refractivity contribution < 1.29 is 9.18 Å². The van der Waals surface area contributed by atoms with Crippen LogP contribution in [0.1, 0.15) is 24.8 Å². The van der Waals surface area contributed by atoms with Crippen LogP contribution in [0.4, 0.5) is 4.39 Å². The Balaban J connectivity index is 0.00000169.